The van der Waals surface area contributed by atoms with Crippen molar-refractivity contribution in [1.82, 2.24) is 48.2 Å². The van der Waals surface area contributed by atoms with E-state index >= 15 is 0 Å². The number of halogens is 3. The Morgan fingerprint density at radius 1 is 0.395 bits per heavy atom. The first-order valence-electron chi connectivity index (χ1n) is 39.6. The van der Waals surface area contributed by atoms with Crippen molar-refractivity contribution in [3.05, 3.63) is 174 Å². The maximum Gasteiger partial charge on any atom is 0.408 e. The minimum Gasteiger partial charge on any atom is -0.480 e. The van der Waals surface area contributed by atoms with Gasteiger partial charge in [0, 0.05) is 56.7 Å². The van der Waals surface area contributed by atoms with Gasteiger partial charge in [0.15, 0.2) is 21.1 Å². The Morgan fingerprint density at radius 2 is 0.637 bits per heavy atom. The van der Waals surface area contributed by atoms with Crippen molar-refractivity contribution < 1.29 is 68.0 Å². The van der Waals surface area contributed by atoms with Crippen LogP contribution in [0.5, 0.6) is 0 Å². The topological polar surface area (TPSA) is 637 Å². The van der Waals surface area contributed by atoms with Crippen LogP contribution in [0.3, 0.4) is 0 Å². The van der Waals surface area contributed by atoms with Crippen LogP contribution in [0.15, 0.2) is 141 Å². The smallest absolute Gasteiger partial charge is 0.408 e. The Kier molecular flexibility index (Phi) is 67.5. The minimum absolute atomic E-state index is 0. The number of hydrazine groups is 3. The average Bonchev–Trinajstić information content (AvgIpc) is 0.889. The number of nitrogens with one attached hydrogen (secondary N) is 9. The molecule has 40 nitrogen and oxygen atoms in total. The second kappa shape index (κ2) is 69.1. The van der Waals surface area contributed by atoms with E-state index in [1.807, 2.05) is 137 Å². The number of carboxylic acids is 1. The number of aliphatic carboxylic acids is 1. The molecule has 0 bridgehead atoms. The summed E-state index contributed by atoms with van der Waals surface area (Å²) in [5.74, 6) is -2.70. The van der Waals surface area contributed by atoms with Crippen LogP contribution in [0.2, 0.25) is 0 Å². The molecule has 0 saturated heterocycles. The van der Waals surface area contributed by atoms with Crippen molar-refractivity contribution in [2.75, 3.05) is 32.6 Å². The van der Waals surface area contributed by atoms with Crippen molar-refractivity contribution in [2.45, 2.75) is 265 Å². The number of carboxylic acid groups (broad SMARTS) is 1. The number of amides is 6. The summed E-state index contributed by atoms with van der Waals surface area (Å²) < 4.78 is 15.5. The lowest BCUT2D eigenvalue weighted by Crippen LogP contribution is -2.50. The maximum absolute atomic E-state index is 12.8. The molecule has 4 aromatic rings. The Balaban J connectivity index is -0.000000486. The van der Waals surface area contributed by atoms with Crippen LogP contribution >= 0.6 is 36.4 Å². The molecule has 0 aliphatic rings. The Hall–Kier alpha value is -11.4. The van der Waals surface area contributed by atoms with Gasteiger partial charge in [0.25, 0.3) is 17.9 Å². The SMILES string of the molecule is C.CC(C)(C)OC(=O)NC(CCCCN=C(N)N[N+](=O)[O-])C(=O)O.CC(Cc1ccccc1)NC(=O)C(CCCCN=C(N)N[N+](=O)[O-])NC(=O)OC(C)(C)C.CC(Cc1ccccc1)NC(=O)C(CCCCN=C(N)N[N+](=O)[O-])NC(=O)OC(C)(C)C.CC(Cc1ccccc1)NC(=O)C(N)CCCCN=C(N)N.CC(N)Cc1ccccc1.CCl.Cl.Cl. The second-order valence-corrected chi connectivity index (χ2v) is 30.7. The predicted octanol–water partition coefficient (Wildman–Crippen LogP) is 8.43. The van der Waals surface area contributed by atoms with E-state index in [2.05, 4.69) is 75.6 Å². The molecule has 0 spiro atoms. The van der Waals surface area contributed by atoms with Gasteiger partial charge in [-0.05, 0) is 215 Å². The van der Waals surface area contributed by atoms with E-state index in [9.17, 15) is 63.9 Å². The summed E-state index contributed by atoms with van der Waals surface area (Å²) in [5.41, 5.74) is 45.8. The quantitative estimate of drug-likeness (QED) is 0.00377. The number of nitrogens with two attached hydrogens (primary N) is 7. The molecular formula is C81H140Cl3N23O17. The summed E-state index contributed by atoms with van der Waals surface area (Å²) in [6.45, 7) is 24.5. The van der Waals surface area contributed by atoms with Crippen molar-refractivity contribution in [2.24, 2.45) is 60.1 Å². The van der Waals surface area contributed by atoms with Gasteiger partial charge in [-0.25, -0.2) is 64.5 Å². The predicted molar refractivity (Wildman–Crippen MR) is 491 cm³/mol. The Labute approximate surface area is 746 Å². The summed E-state index contributed by atoms with van der Waals surface area (Å²) >= 11 is 4.64. The van der Waals surface area contributed by atoms with E-state index < -0.39 is 80.3 Å². The molecule has 0 aliphatic carbocycles. The number of carbonyl (C=O) groups excluding carboxylic acids is 6. The zero-order valence-electron chi connectivity index (χ0n) is 73.2. The van der Waals surface area contributed by atoms with Gasteiger partial charge in [0.1, 0.15) is 34.9 Å². The first kappa shape index (κ1) is 121. The number of aliphatic imine (C=N–C) groups is 4. The number of benzene rings is 4. The number of unbranched alkanes of at least 4 members (excludes halogenated alkanes) is 4. The minimum atomic E-state index is -1.17. The van der Waals surface area contributed by atoms with Gasteiger partial charge in [-0.1, -0.05) is 145 Å². The molecule has 0 radical (unpaired) electrons. The number of alkyl halides is 1. The number of guanidine groups is 4. The van der Waals surface area contributed by atoms with Crippen LogP contribution < -0.4 is 88.3 Å². The highest BCUT2D eigenvalue weighted by molar-refractivity contribution is 6.15. The number of hydrogen-bond donors (Lipinski definition) is 17. The van der Waals surface area contributed by atoms with E-state index in [0.29, 0.717) is 77.2 Å². The normalized spacial score (nSPS) is 12.9. The zero-order valence-corrected chi connectivity index (χ0v) is 75.5. The number of ether oxygens (including phenoxy) is 3. The van der Waals surface area contributed by atoms with Crippen LogP contribution in [0, 0.1) is 30.3 Å². The van der Waals surface area contributed by atoms with Gasteiger partial charge in [-0.3, -0.25) is 19.4 Å². The van der Waals surface area contributed by atoms with Crippen molar-refractivity contribution in [3.8, 4) is 0 Å². The number of nitrogens with zero attached hydrogens (tertiary/aromatic N) is 7. The van der Waals surface area contributed by atoms with Crippen molar-refractivity contribution >= 4 is 102 Å². The first-order valence-corrected chi connectivity index (χ1v) is 40.3. The maximum atomic E-state index is 12.8. The lowest BCUT2D eigenvalue weighted by molar-refractivity contribution is -0.525. The Bertz CT molecular complexity index is 3640. The van der Waals surface area contributed by atoms with Crippen molar-refractivity contribution in [1.29, 1.82) is 0 Å². The molecule has 4 rings (SSSR count). The summed E-state index contributed by atoms with van der Waals surface area (Å²) in [7, 11) is 0. The van der Waals surface area contributed by atoms with Gasteiger partial charge in [0.2, 0.25) is 17.7 Å². The van der Waals surface area contributed by atoms with Crippen molar-refractivity contribution in [3.63, 3.8) is 0 Å². The lowest BCUT2D eigenvalue weighted by atomic mass is 10.1. The largest absolute Gasteiger partial charge is 0.480 e. The van der Waals surface area contributed by atoms with Gasteiger partial charge >= 0.3 is 24.2 Å². The molecule has 0 fully saturated rings. The molecule has 0 aromatic heterocycles. The van der Waals surface area contributed by atoms with Crippen LogP contribution in [0.4, 0.5) is 14.4 Å². The average molecular weight is 1810 g/mol. The standard InChI is InChI=1S/2C21H34N6O5.C16H27N5O.C12H23N5O6.C9H13N.CH3Cl.CH4.2ClH/c2*1-15(14-16-10-6-5-7-11-16)24-18(28)17(25-20(29)32-21(2,3)4)12-8-9-13-23-19(22)26-27(30)31;1-12(11-13-7-3-2-4-8-13)21-15(22)14(17)9-5-6-10-20-16(18)19;1-12(2,3)23-11(20)15-8(9(18)19)6-4-5-7-14-10(13)16-17(21)22;1-8(10)7-9-5-3-2-4-6-9;1-2;;;/h2*5-7,10-11,15,17H,8-9,12-14H2,1-4H3,(H,24,28)(H,25,29)(H3,22,23,26);2-4,7-8,12,14H,5-6,9-11,17H2,1H3,(H,21,22)(H4,18,19,20);8H,4-7H2,1-3H3,(H,15,20)(H,18,19)(H3,13,14,16);2-6,8H,7,10H2,1H3;1H3;1H4;2*1H. The zero-order chi connectivity index (χ0) is 92.1. The molecule has 8 atom stereocenters. The fourth-order valence-electron chi connectivity index (χ4n) is 10.4. The number of hydrogen-bond acceptors (Lipinski definition) is 22. The van der Waals surface area contributed by atoms with Crippen LogP contribution in [-0.2, 0) is 59.1 Å². The van der Waals surface area contributed by atoms with E-state index in [0.717, 1.165) is 36.8 Å². The summed E-state index contributed by atoms with van der Waals surface area (Å²) in [6, 6.07) is 36.8. The number of carbonyl (C=O) groups is 7. The monoisotopic (exact) mass is 1810 g/mol. The molecule has 24 N–H and O–H groups in total. The summed E-state index contributed by atoms with van der Waals surface area (Å²) in [6.07, 6.45) is 8.55. The molecule has 0 aliphatic heterocycles. The fourth-order valence-corrected chi connectivity index (χ4v) is 10.4. The third-order valence-electron chi connectivity index (χ3n) is 15.4. The Morgan fingerprint density at radius 3 is 0.887 bits per heavy atom. The molecule has 124 heavy (non-hydrogen) atoms. The van der Waals surface area contributed by atoms with Crippen LogP contribution in [0.25, 0.3) is 0 Å². The first-order chi connectivity index (χ1) is 56.7. The molecule has 6 amide bonds. The molecule has 0 heterocycles. The molecule has 4 aromatic carbocycles. The fraction of sp³-hybridized carbons (Fsp3) is 0.568. The molecular weight excluding hydrogens is 1670 g/mol. The summed E-state index contributed by atoms with van der Waals surface area (Å²) in [5, 5.41) is 53.7. The van der Waals surface area contributed by atoms with Gasteiger partial charge < -0.3 is 91.4 Å². The van der Waals surface area contributed by atoms with E-state index in [-0.39, 0.29) is 124 Å². The highest BCUT2D eigenvalue weighted by Gasteiger charge is 2.28. The number of nitro groups is 3. The third kappa shape index (κ3) is 72.3. The van der Waals surface area contributed by atoms with E-state index in [4.69, 9.17) is 59.5 Å². The lowest BCUT2D eigenvalue weighted by Gasteiger charge is -2.24. The third-order valence-corrected chi connectivity index (χ3v) is 15.4. The van der Waals surface area contributed by atoms with Gasteiger partial charge in [-0.2, -0.15) is 0 Å². The molecule has 702 valence electrons. The van der Waals surface area contributed by atoms with Gasteiger partial charge in [-0.15, -0.1) is 36.4 Å². The van der Waals surface area contributed by atoms with Crippen LogP contribution in [-0.4, -0.2) is 184 Å². The van der Waals surface area contributed by atoms with E-state index in [1.165, 1.54) is 17.5 Å². The highest BCUT2D eigenvalue weighted by atomic mass is 35.5. The molecule has 0 saturated carbocycles. The van der Waals surface area contributed by atoms with Crippen LogP contribution in [0.1, 0.15) is 197 Å². The number of rotatable bonds is 41. The van der Waals surface area contributed by atoms with E-state index in [1.54, 1.807) is 78.6 Å². The highest BCUT2D eigenvalue weighted by Crippen LogP contribution is 2.15. The molecule has 8 unspecified atom stereocenters. The second-order valence-electron chi connectivity index (χ2n) is 30.7. The summed E-state index contributed by atoms with van der Waals surface area (Å²) in [4.78, 5) is 131. The van der Waals surface area contributed by atoms with Gasteiger partial charge in [0.05, 0.1) is 6.04 Å². The molecule has 43 heteroatoms. The number of alkyl carbamates (subject to hydrolysis) is 3.